The van der Waals surface area contributed by atoms with Crippen molar-refractivity contribution < 1.29 is 13.9 Å². The first-order chi connectivity index (χ1) is 17.8. The summed E-state index contributed by atoms with van der Waals surface area (Å²) in [5.74, 6) is -0.254. The van der Waals surface area contributed by atoms with Gasteiger partial charge in [-0.05, 0) is 85.4 Å². The summed E-state index contributed by atoms with van der Waals surface area (Å²) in [7, 11) is -2.01. The van der Waals surface area contributed by atoms with Gasteiger partial charge in [-0.3, -0.25) is 4.98 Å². The Labute approximate surface area is 220 Å². The number of hydrogen-bond acceptors (Lipinski definition) is 4. The first-order valence-corrected chi connectivity index (χ1v) is 16.1. The topological polar surface area (TPSA) is 60.2 Å². The van der Waals surface area contributed by atoms with E-state index in [1.165, 1.54) is 17.7 Å². The molecule has 0 saturated heterocycles. The normalized spacial score (nSPS) is 23.9. The van der Waals surface area contributed by atoms with Gasteiger partial charge in [-0.25, -0.2) is 9.07 Å². The van der Waals surface area contributed by atoms with Gasteiger partial charge in [0.15, 0.2) is 8.32 Å². The second kappa shape index (κ2) is 9.93. The molecule has 0 amide bonds. The van der Waals surface area contributed by atoms with Gasteiger partial charge in [-0.15, -0.1) is 0 Å². The molecule has 3 aromatic rings. The van der Waals surface area contributed by atoms with E-state index in [1.54, 1.807) is 18.3 Å². The Morgan fingerprint density at radius 3 is 2.49 bits per heavy atom. The lowest BCUT2D eigenvalue weighted by molar-refractivity contribution is -0.0622. The van der Waals surface area contributed by atoms with E-state index >= 15 is 0 Å². The van der Waals surface area contributed by atoms with Crippen LogP contribution >= 0.6 is 0 Å². The lowest BCUT2D eigenvalue weighted by atomic mass is 9.65. The maximum Gasteiger partial charge on any atom is 0.192 e. The Morgan fingerprint density at radius 2 is 1.84 bits per heavy atom. The number of halogens is 1. The van der Waals surface area contributed by atoms with E-state index in [4.69, 9.17) is 9.52 Å². The molecule has 0 unspecified atom stereocenters. The molecule has 1 fully saturated rings. The summed E-state index contributed by atoms with van der Waals surface area (Å²) in [6.07, 6.45) is 8.38. The molecule has 0 spiro atoms. The van der Waals surface area contributed by atoms with Crippen molar-refractivity contribution in [3.05, 3.63) is 83.2 Å². The van der Waals surface area contributed by atoms with Gasteiger partial charge in [0.05, 0.1) is 35.0 Å². The van der Waals surface area contributed by atoms with Crippen molar-refractivity contribution in [1.29, 1.82) is 0 Å². The number of benzene rings is 1. The molecule has 0 bridgehead atoms. The zero-order valence-electron chi connectivity index (χ0n) is 22.4. The number of rotatable bonds is 9. The van der Waals surface area contributed by atoms with E-state index in [0.29, 0.717) is 12.1 Å². The van der Waals surface area contributed by atoms with Crippen LogP contribution in [0.4, 0.5) is 4.39 Å². The highest BCUT2D eigenvalue weighted by atomic mass is 28.4. The molecule has 5 nitrogen and oxygen atoms in total. The van der Waals surface area contributed by atoms with E-state index in [2.05, 4.69) is 38.8 Å². The highest BCUT2D eigenvalue weighted by molar-refractivity contribution is 6.73. The molecule has 2 aromatic heterocycles. The van der Waals surface area contributed by atoms with E-state index in [1.807, 2.05) is 29.1 Å². The molecule has 0 radical (unpaired) electrons. The zero-order valence-corrected chi connectivity index (χ0v) is 23.4. The Bertz CT molecular complexity index is 1260. The van der Waals surface area contributed by atoms with Gasteiger partial charge in [-0.2, -0.15) is 5.10 Å². The van der Waals surface area contributed by atoms with Crippen molar-refractivity contribution in [2.45, 2.75) is 83.2 Å². The molecule has 2 aliphatic rings. The molecule has 196 valence electrons. The predicted octanol–water partition coefficient (Wildman–Crippen LogP) is 7.03. The van der Waals surface area contributed by atoms with Crippen molar-refractivity contribution in [2.75, 3.05) is 0 Å². The lowest BCUT2D eigenvalue weighted by Crippen LogP contribution is -2.55. The number of fused-ring (bicyclic) bond motifs is 2. The molecule has 7 heteroatoms. The minimum Gasteiger partial charge on any atom is -0.410 e. The van der Waals surface area contributed by atoms with Gasteiger partial charge in [0.2, 0.25) is 0 Å². The fourth-order valence-electron chi connectivity index (χ4n) is 6.61. The predicted molar refractivity (Wildman–Crippen MR) is 147 cm³/mol. The van der Waals surface area contributed by atoms with Crippen molar-refractivity contribution in [3.63, 3.8) is 0 Å². The fraction of sp³-hybridized carbons (Fsp3) is 0.467. The molecule has 0 aliphatic heterocycles. The van der Waals surface area contributed by atoms with Crippen molar-refractivity contribution in [3.8, 4) is 5.69 Å². The molecule has 3 atom stereocenters. The summed E-state index contributed by atoms with van der Waals surface area (Å²) in [4.78, 5) is 4.47. The molecule has 1 aromatic carbocycles. The molecule has 37 heavy (non-hydrogen) atoms. The van der Waals surface area contributed by atoms with Crippen molar-refractivity contribution >= 4 is 14.4 Å². The van der Waals surface area contributed by atoms with E-state index < -0.39 is 20.0 Å². The second-order valence-corrected chi connectivity index (χ2v) is 15.6. The highest BCUT2D eigenvalue weighted by Crippen LogP contribution is 2.60. The SMILES string of the molecule is CC[Si](CC)(CC)O[C@@]1(C[C@H](O)c2ccccn2)CCC2=Cc3c(cnn3-c3ccc(F)cc3)C[C@@]21C. The smallest absolute Gasteiger partial charge is 0.192 e. The summed E-state index contributed by atoms with van der Waals surface area (Å²) in [5.41, 5.74) is 4.37. The van der Waals surface area contributed by atoms with Gasteiger partial charge >= 0.3 is 0 Å². The zero-order chi connectivity index (χ0) is 26.3. The first kappa shape index (κ1) is 26.0. The third kappa shape index (κ3) is 4.41. The van der Waals surface area contributed by atoms with Crippen LogP contribution in [0.1, 0.15) is 70.0 Å². The van der Waals surface area contributed by atoms with Gasteiger partial charge < -0.3 is 9.53 Å². The molecular formula is C30H38FN3O2Si. The minimum absolute atomic E-state index is 0.254. The third-order valence-corrected chi connectivity index (χ3v) is 13.9. The van der Waals surface area contributed by atoms with Gasteiger partial charge in [-0.1, -0.05) is 39.3 Å². The molecule has 1 N–H and O–H groups in total. The maximum atomic E-state index is 13.6. The van der Waals surface area contributed by atoms with Gasteiger partial charge in [0.1, 0.15) is 5.82 Å². The highest BCUT2D eigenvalue weighted by Gasteiger charge is 2.59. The van der Waals surface area contributed by atoms with Gasteiger partial charge in [0.25, 0.3) is 0 Å². The van der Waals surface area contributed by atoms with Crippen LogP contribution in [0.2, 0.25) is 18.1 Å². The van der Waals surface area contributed by atoms with Crippen LogP contribution < -0.4 is 0 Å². The summed E-state index contributed by atoms with van der Waals surface area (Å²) < 4.78 is 22.9. The number of aliphatic hydroxyl groups excluding tert-OH is 1. The number of aromatic nitrogens is 3. The third-order valence-electron chi connectivity index (χ3n) is 9.22. The van der Waals surface area contributed by atoms with Crippen LogP contribution in [0.25, 0.3) is 11.8 Å². The van der Waals surface area contributed by atoms with Crippen LogP contribution in [0, 0.1) is 11.2 Å². The largest absolute Gasteiger partial charge is 0.410 e. The molecule has 2 aliphatic carbocycles. The molecule has 1 saturated carbocycles. The van der Waals surface area contributed by atoms with Crippen molar-refractivity contribution in [1.82, 2.24) is 14.8 Å². The number of hydrogen-bond donors (Lipinski definition) is 1. The Kier molecular flexibility index (Phi) is 6.98. The summed E-state index contributed by atoms with van der Waals surface area (Å²) in [6.45, 7) is 9.13. The molecular weight excluding hydrogens is 481 g/mol. The lowest BCUT2D eigenvalue weighted by Gasteiger charge is -2.51. The first-order valence-electron chi connectivity index (χ1n) is 13.6. The maximum absolute atomic E-state index is 13.6. The summed E-state index contributed by atoms with van der Waals surface area (Å²) in [5, 5.41) is 16.1. The number of nitrogens with zero attached hydrogens (tertiary/aromatic N) is 3. The van der Waals surface area contributed by atoms with Crippen LogP contribution in [0.5, 0.6) is 0 Å². The minimum atomic E-state index is -2.01. The number of pyridine rings is 1. The Balaban J connectivity index is 1.57. The number of aliphatic hydroxyl groups is 1. The van der Waals surface area contributed by atoms with Crippen LogP contribution in [-0.4, -0.2) is 33.8 Å². The molecule has 5 rings (SSSR count). The van der Waals surface area contributed by atoms with Crippen molar-refractivity contribution in [2.24, 2.45) is 5.41 Å². The summed E-state index contributed by atoms with van der Waals surface area (Å²) in [6, 6.07) is 15.4. The molecule has 2 heterocycles. The Morgan fingerprint density at radius 1 is 1.11 bits per heavy atom. The van der Waals surface area contributed by atoms with Gasteiger partial charge in [0, 0.05) is 18.0 Å². The fourth-order valence-corrected chi connectivity index (χ4v) is 9.78. The second-order valence-electron chi connectivity index (χ2n) is 10.9. The summed E-state index contributed by atoms with van der Waals surface area (Å²) >= 11 is 0. The van der Waals surface area contributed by atoms with E-state index in [9.17, 15) is 9.50 Å². The van der Waals surface area contributed by atoms with E-state index in [0.717, 1.165) is 54.3 Å². The Hall–Kier alpha value is -2.61. The van der Waals surface area contributed by atoms with E-state index in [-0.39, 0.29) is 11.2 Å². The van der Waals surface area contributed by atoms with Crippen LogP contribution in [0.3, 0.4) is 0 Å². The average molecular weight is 520 g/mol. The monoisotopic (exact) mass is 519 g/mol. The quantitative estimate of drug-likeness (QED) is 0.308. The standard InChI is InChI=1S/C30H38FN3O2Si/c1-5-37(6-2,7-3)36-30(20-28(35)26-10-8-9-17-32-26)16-15-23-18-27-22(19-29(23,30)4)21-33-34(27)25-13-11-24(31)12-14-25/h8-14,17-18,21,28,35H,5-7,15-16,19-20H2,1-4H3/t28-,29-,30+/m0/s1. The van der Waals surface area contributed by atoms with Crippen LogP contribution in [0.15, 0.2) is 60.4 Å². The average Bonchev–Trinajstić information content (AvgIpc) is 3.44. The van der Waals surface area contributed by atoms with Crippen LogP contribution in [-0.2, 0) is 10.8 Å².